The highest BCUT2D eigenvalue weighted by Crippen LogP contribution is 2.32. The average molecular weight is 375 g/mol. The molecule has 1 N–H and O–H groups in total. The zero-order chi connectivity index (χ0) is 18.7. The standard InChI is InChI=1S/C19H25N3O3S/c1-12(2)16(18(23)25-3)21-19(24)22-10-6-7-13(11-22)17-20-14-8-4-5-9-15(14)26-17/h4-5,8-9,12-13,16H,6-7,10-11H2,1-3H3,(H,21,24)/t13-,16-/m0/s1. The Bertz CT molecular complexity index is 756. The number of thiazole rings is 1. The van der Waals surface area contributed by atoms with Crippen LogP contribution in [0.15, 0.2) is 24.3 Å². The molecular weight excluding hydrogens is 350 g/mol. The first kappa shape index (κ1) is 18.6. The summed E-state index contributed by atoms with van der Waals surface area (Å²) in [6.45, 7) is 5.10. The quantitative estimate of drug-likeness (QED) is 0.832. The topological polar surface area (TPSA) is 71.5 Å². The summed E-state index contributed by atoms with van der Waals surface area (Å²) in [5, 5.41) is 3.91. The van der Waals surface area contributed by atoms with Crippen molar-refractivity contribution in [3.05, 3.63) is 29.3 Å². The minimum Gasteiger partial charge on any atom is -0.467 e. The number of rotatable bonds is 4. The Morgan fingerprint density at radius 3 is 2.81 bits per heavy atom. The Morgan fingerprint density at radius 1 is 1.35 bits per heavy atom. The molecule has 0 aliphatic carbocycles. The van der Waals surface area contributed by atoms with Crippen LogP contribution in [0.1, 0.15) is 37.6 Å². The molecule has 0 spiro atoms. The summed E-state index contributed by atoms with van der Waals surface area (Å²) in [6, 6.07) is 7.27. The van der Waals surface area contributed by atoms with Crippen LogP contribution in [0.5, 0.6) is 0 Å². The summed E-state index contributed by atoms with van der Waals surface area (Å²) in [5.74, 6) is -0.202. The Morgan fingerprint density at radius 2 is 2.12 bits per heavy atom. The maximum atomic E-state index is 12.7. The lowest BCUT2D eigenvalue weighted by Gasteiger charge is -2.33. The number of hydrogen-bond donors (Lipinski definition) is 1. The fourth-order valence-corrected chi connectivity index (χ4v) is 4.37. The normalized spacial score (nSPS) is 18.8. The first-order valence-corrected chi connectivity index (χ1v) is 9.80. The van der Waals surface area contributed by atoms with Gasteiger partial charge in [0.05, 0.1) is 22.3 Å². The van der Waals surface area contributed by atoms with Gasteiger partial charge in [0.15, 0.2) is 0 Å². The number of urea groups is 1. The minimum atomic E-state index is -0.629. The van der Waals surface area contributed by atoms with Crippen LogP contribution in [-0.4, -0.2) is 48.1 Å². The predicted octanol–water partition coefficient (Wildman–Crippen LogP) is 3.38. The number of benzene rings is 1. The number of nitrogens with zero attached hydrogens (tertiary/aromatic N) is 2. The maximum absolute atomic E-state index is 12.7. The number of carbonyl (C=O) groups excluding carboxylic acids is 2. The molecule has 1 saturated heterocycles. The summed E-state index contributed by atoms with van der Waals surface area (Å²) in [6.07, 6.45) is 1.95. The summed E-state index contributed by atoms with van der Waals surface area (Å²) < 4.78 is 5.98. The van der Waals surface area contributed by atoms with E-state index in [1.54, 1.807) is 16.2 Å². The van der Waals surface area contributed by atoms with Crippen molar-refractivity contribution in [1.82, 2.24) is 15.2 Å². The molecular formula is C19H25N3O3S. The van der Waals surface area contributed by atoms with Crippen LogP contribution in [0.3, 0.4) is 0 Å². The number of para-hydroxylation sites is 1. The molecule has 3 rings (SSSR count). The number of fused-ring (bicyclic) bond motifs is 1. The number of amides is 2. The zero-order valence-corrected chi connectivity index (χ0v) is 16.2. The molecule has 1 aliphatic heterocycles. The molecule has 2 aromatic rings. The Kier molecular flexibility index (Phi) is 5.76. The van der Waals surface area contributed by atoms with Crippen molar-refractivity contribution < 1.29 is 14.3 Å². The van der Waals surface area contributed by atoms with Crippen molar-refractivity contribution in [2.75, 3.05) is 20.2 Å². The molecule has 2 atom stereocenters. The molecule has 1 aliphatic rings. The number of carbonyl (C=O) groups is 2. The summed E-state index contributed by atoms with van der Waals surface area (Å²) >= 11 is 1.70. The molecule has 140 valence electrons. The first-order valence-electron chi connectivity index (χ1n) is 8.98. The van der Waals surface area contributed by atoms with Gasteiger partial charge in [-0.1, -0.05) is 26.0 Å². The van der Waals surface area contributed by atoms with E-state index in [-0.39, 0.29) is 17.9 Å². The van der Waals surface area contributed by atoms with Gasteiger partial charge in [-0.2, -0.15) is 0 Å². The number of aromatic nitrogens is 1. The Hall–Kier alpha value is -2.15. The second-order valence-corrected chi connectivity index (χ2v) is 8.06. The third kappa shape index (κ3) is 3.98. The molecule has 26 heavy (non-hydrogen) atoms. The van der Waals surface area contributed by atoms with Gasteiger partial charge in [0.25, 0.3) is 0 Å². The molecule has 7 heteroatoms. The van der Waals surface area contributed by atoms with E-state index >= 15 is 0 Å². The summed E-state index contributed by atoms with van der Waals surface area (Å²) in [5.41, 5.74) is 1.01. The molecule has 0 unspecified atom stereocenters. The lowest BCUT2D eigenvalue weighted by Crippen LogP contribution is -2.52. The number of ether oxygens (including phenoxy) is 1. The van der Waals surface area contributed by atoms with Crippen molar-refractivity contribution in [2.24, 2.45) is 5.92 Å². The number of piperidine rings is 1. The molecule has 1 fully saturated rings. The van der Waals surface area contributed by atoms with Crippen molar-refractivity contribution in [1.29, 1.82) is 0 Å². The van der Waals surface area contributed by atoms with Gasteiger partial charge in [-0.3, -0.25) is 0 Å². The van der Waals surface area contributed by atoms with E-state index in [1.807, 2.05) is 32.0 Å². The molecule has 2 heterocycles. The second kappa shape index (κ2) is 8.03. The predicted molar refractivity (Wildman–Crippen MR) is 102 cm³/mol. The van der Waals surface area contributed by atoms with Crippen molar-refractivity contribution >= 4 is 33.6 Å². The van der Waals surface area contributed by atoms with Crippen LogP contribution in [0.25, 0.3) is 10.2 Å². The molecule has 0 saturated carbocycles. The van der Waals surface area contributed by atoms with Crippen molar-refractivity contribution in [3.63, 3.8) is 0 Å². The van der Waals surface area contributed by atoms with Crippen LogP contribution in [0.4, 0.5) is 4.79 Å². The lowest BCUT2D eigenvalue weighted by molar-refractivity contribution is -0.144. The zero-order valence-electron chi connectivity index (χ0n) is 15.4. The molecule has 0 radical (unpaired) electrons. The Labute approximate surface area is 157 Å². The van der Waals surface area contributed by atoms with Gasteiger partial charge in [-0.15, -0.1) is 11.3 Å². The molecule has 2 amide bonds. The van der Waals surface area contributed by atoms with E-state index in [0.717, 1.165) is 23.4 Å². The van der Waals surface area contributed by atoms with Crippen LogP contribution in [0.2, 0.25) is 0 Å². The highest BCUT2D eigenvalue weighted by atomic mass is 32.1. The van der Waals surface area contributed by atoms with Crippen LogP contribution < -0.4 is 5.32 Å². The number of hydrogen-bond acceptors (Lipinski definition) is 5. The fraction of sp³-hybridized carbons (Fsp3) is 0.526. The van der Waals surface area contributed by atoms with Gasteiger partial charge in [0.1, 0.15) is 6.04 Å². The molecule has 1 aromatic heterocycles. The highest BCUT2D eigenvalue weighted by Gasteiger charge is 2.31. The number of esters is 1. The van der Waals surface area contributed by atoms with Gasteiger partial charge in [0, 0.05) is 19.0 Å². The summed E-state index contributed by atoms with van der Waals surface area (Å²) in [4.78, 5) is 31.1. The third-order valence-corrected chi connectivity index (χ3v) is 5.97. The third-order valence-electron chi connectivity index (χ3n) is 4.77. The maximum Gasteiger partial charge on any atom is 0.328 e. The smallest absolute Gasteiger partial charge is 0.328 e. The van der Waals surface area contributed by atoms with E-state index in [4.69, 9.17) is 9.72 Å². The van der Waals surface area contributed by atoms with Gasteiger partial charge < -0.3 is 15.0 Å². The van der Waals surface area contributed by atoms with Crippen LogP contribution in [-0.2, 0) is 9.53 Å². The van der Waals surface area contributed by atoms with Crippen LogP contribution >= 0.6 is 11.3 Å². The van der Waals surface area contributed by atoms with E-state index in [9.17, 15) is 9.59 Å². The second-order valence-electron chi connectivity index (χ2n) is 7.00. The fourth-order valence-electron chi connectivity index (χ4n) is 3.28. The van der Waals surface area contributed by atoms with E-state index in [0.29, 0.717) is 13.1 Å². The van der Waals surface area contributed by atoms with Crippen molar-refractivity contribution in [3.8, 4) is 0 Å². The number of methoxy groups -OCH3 is 1. The molecule has 0 bridgehead atoms. The SMILES string of the molecule is COC(=O)[C@@H](NC(=O)N1CCC[C@H](c2nc3ccccc3s2)C1)C(C)C. The number of likely N-dealkylation sites (tertiary alicyclic amines) is 1. The van der Waals surface area contributed by atoms with Crippen molar-refractivity contribution in [2.45, 2.75) is 38.6 Å². The summed E-state index contributed by atoms with van der Waals surface area (Å²) in [7, 11) is 1.34. The van der Waals surface area contributed by atoms with Gasteiger partial charge in [-0.25, -0.2) is 14.6 Å². The van der Waals surface area contributed by atoms with Gasteiger partial charge in [-0.05, 0) is 30.9 Å². The van der Waals surface area contributed by atoms with E-state index in [2.05, 4.69) is 11.4 Å². The lowest BCUT2D eigenvalue weighted by atomic mass is 9.99. The number of nitrogens with one attached hydrogen (secondary N) is 1. The van der Waals surface area contributed by atoms with E-state index < -0.39 is 12.0 Å². The van der Waals surface area contributed by atoms with Crippen LogP contribution in [0, 0.1) is 5.92 Å². The highest BCUT2D eigenvalue weighted by molar-refractivity contribution is 7.18. The monoisotopic (exact) mass is 375 g/mol. The average Bonchev–Trinajstić information content (AvgIpc) is 3.09. The molecule has 1 aromatic carbocycles. The Balaban J connectivity index is 1.69. The van der Waals surface area contributed by atoms with E-state index in [1.165, 1.54) is 11.8 Å². The largest absolute Gasteiger partial charge is 0.467 e. The minimum absolute atomic E-state index is 0.0313. The van der Waals surface area contributed by atoms with Gasteiger partial charge in [0.2, 0.25) is 0 Å². The first-order chi connectivity index (χ1) is 12.5. The van der Waals surface area contributed by atoms with Gasteiger partial charge >= 0.3 is 12.0 Å². The molecule has 6 nitrogen and oxygen atoms in total.